The summed E-state index contributed by atoms with van der Waals surface area (Å²) >= 11 is 0. The summed E-state index contributed by atoms with van der Waals surface area (Å²) in [4.78, 5) is 24.5. The van der Waals surface area contributed by atoms with E-state index in [4.69, 9.17) is 0 Å². The topological polar surface area (TPSA) is 95.7 Å². The fraction of sp³-hybridized carbons (Fsp3) is 0.562. The molecule has 126 valence electrons. The van der Waals surface area contributed by atoms with Crippen LogP contribution in [-0.2, 0) is 4.79 Å². The predicted molar refractivity (Wildman–Crippen MR) is 87.3 cm³/mol. The summed E-state index contributed by atoms with van der Waals surface area (Å²) in [6, 6.07) is 4.38. The van der Waals surface area contributed by atoms with Crippen molar-refractivity contribution >= 4 is 17.3 Å². The first-order valence-corrected chi connectivity index (χ1v) is 7.71. The molecule has 0 aromatic heterocycles. The van der Waals surface area contributed by atoms with Crippen molar-refractivity contribution in [1.82, 2.24) is 4.90 Å². The number of likely N-dealkylation sites (tertiary alicyclic amines) is 1. The van der Waals surface area contributed by atoms with Gasteiger partial charge in [-0.25, -0.2) is 0 Å². The standard InChI is InChI=1S/C16H23N3O4/c1-12-8-13(19(22)23)4-5-14(12)17-15(21)9-18-7-3-6-16(2,10-18)11-20/h4-5,8,20H,3,6-7,9-11H2,1-2H3,(H,17,21). The van der Waals surface area contributed by atoms with Crippen LogP contribution in [-0.4, -0.2) is 47.1 Å². The van der Waals surface area contributed by atoms with Crippen LogP contribution in [0.2, 0.25) is 0 Å². The van der Waals surface area contributed by atoms with E-state index in [0.29, 0.717) is 17.8 Å². The van der Waals surface area contributed by atoms with Crippen LogP contribution in [0.3, 0.4) is 0 Å². The number of aliphatic hydroxyl groups is 1. The van der Waals surface area contributed by atoms with Crippen LogP contribution in [0.25, 0.3) is 0 Å². The molecule has 0 spiro atoms. The molecule has 1 aliphatic rings. The van der Waals surface area contributed by atoms with Gasteiger partial charge in [-0.05, 0) is 37.9 Å². The molecule has 1 heterocycles. The molecule has 23 heavy (non-hydrogen) atoms. The Morgan fingerprint density at radius 1 is 1.52 bits per heavy atom. The second-order valence-corrected chi connectivity index (χ2v) is 6.59. The number of hydrogen-bond acceptors (Lipinski definition) is 5. The molecule has 1 aromatic rings. The number of nitro groups is 1. The first-order chi connectivity index (χ1) is 10.8. The summed E-state index contributed by atoms with van der Waals surface area (Å²) in [6.45, 7) is 5.65. The van der Waals surface area contributed by atoms with Gasteiger partial charge >= 0.3 is 0 Å². The maximum absolute atomic E-state index is 12.2. The van der Waals surface area contributed by atoms with Crippen molar-refractivity contribution in [3.05, 3.63) is 33.9 Å². The second kappa shape index (κ2) is 7.06. The van der Waals surface area contributed by atoms with Gasteiger partial charge in [0, 0.05) is 36.4 Å². The number of nitrogens with one attached hydrogen (secondary N) is 1. The zero-order chi connectivity index (χ0) is 17.0. The van der Waals surface area contributed by atoms with Crippen molar-refractivity contribution in [1.29, 1.82) is 0 Å². The van der Waals surface area contributed by atoms with E-state index in [2.05, 4.69) is 5.32 Å². The van der Waals surface area contributed by atoms with E-state index in [-0.39, 0.29) is 30.2 Å². The zero-order valence-electron chi connectivity index (χ0n) is 13.5. The van der Waals surface area contributed by atoms with E-state index in [1.54, 1.807) is 13.0 Å². The maximum atomic E-state index is 12.2. The van der Waals surface area contributed by atoms with Gasteiger partial charge in [0.1, 0.15) is 0 Å². The van der Waals surface area contributed by atoms with Gasteiger partial charge in [-0.2, -0.15) is 0 Å². The van der Waals surface area contributed by atoms with Gasteiger partial charge in [0.25, 0.3) is 5.69 Å². The average Bonchev–Trinajstić information content (AvgIpc) is 2.49. The van der Waals surface area contributed by atoms with Crippen LogP contribution >= 0.6 is 0 Å². The van der Waals surface area contributed by atoms with Crippen molar-refractivity contribution in [3.63, 3.8) is 0 Å². The lowest BCUT2D eigenvalue weighted by Gasteiger charge is -2.38. The van der Waals surface area contributed by atoms with Gasteiger partial charge in [-0.1, -0.05) is 6.92 Å². The van der Waals surface area contributed by atoms with Gasteiger partial charge in [-0.15, -0.1) is 0 Å². The molecule has 0 aliphatic carbocycles. The molecular formula is C16H23N3O4. The Labute approximate surface area is 135 Å². The molecular weight excluding hydrogens is 298 g/mol. The lowest BCUT2D eigenvalue weighted by atomic mass is 9.83. The lowest BCUT2D eigenvalue weighted by molar-refractivity contribution is -0.384. The van der Waals surface area contributed by atoms with Crippen LogP contribution in [0.5, 0.6) is 0 Å². The van der Waals surface area contributed by atoms with E-state index in [1.807, 2.05) is 11.8 Å². The highest BCUT2D eigenvalue weighted by Crippen LogP contribution is 2.28. The summed E-state index contributed by atoms with van der Waals surface area (Å²) in [5.74, 6) is -0.149. The van der Waals surface area contributed by atoms with Crippen LogP contribution in [0.4, 0.5) is 11.4 Å². The number of non-ortho nitro benzene ring substituents is 1. The van der Waals surface area contributed by atoms with Gasteiger partial charge in [0.05, 0.1) is 11.5 Å². The highest BCUT2D eigenvalue weighted by Gasteiger charge is 2.31. The number of rotatable bonds is 5. The minimum Gasteiger partial charge on any atom is -0.396 e. The first kappa shape index (κ1) is 17.4. The smallest absolute Gasteiger partial charge is 0.269 e. The normalized spacial score (nSPS) is 21.9. The Balaban J connectivity index is 1.96. The first-order valence-electron chi connectivity index (χ1n) is 7.71. The molecule has 1 amide bonds. The zero-order valence-corrected chi connectivity index (χ0v) is 13.5. The molecule has 1 atom stereocenters. The third-order valence-corrected chi connectivity index (χ3v) is 4.30. The fourth-order valence-corrected chi connectivity index (χ4v) is 2.99. The summed E-state index contributed by atoms with van der Waals surface area (Å²) in [5, 5.41) is 23.0. The average molecular weight is 321 g/mol. The molecule has 1 aliphatic heterocycles. The number of amides is 1. The molecule has 1 saturated heterocycles. The molecule has 2 rings (SSSR count). The fourth-order valence-electron chi connectivity index (χ4n) is 2.99. The molecule has 2 N–H and O–H groups in total. The molecule has 0 saturated carbocycles. The number of anilines is 1. The second-order valence-electron chi connectivity index (χ2n) is 6.59. The Bertz CT molecular complexity index is 605. The number of piperidine rings is 1. The highest BCUT2D eigenvalue weighted by molar-refractivity contribution is 5.93. The number of nitrogens with zero attached hydrogens (tertiary/aromatic N) is 2. The minimum atomic E-state index is -0.456. The Morgan fingerprint density at radius 3 is 2.87 bits per heavy atom. The number of benzene rings is 1. The number of carbonyl (C=O) groups excluding carboxylic acids is 1. The molecule has 0 bridgehead atoms. The summed E-state index contributed by atoms with van der Waals surface area (Å²) in [7, 11) is 0. The van der Waals surface area contributed by atoms with Crippen LogP contribution in [0, 0.1) is 22.5 Å². The number of carbonyl (C=O) groups is 1. The van der Waals surface area contributed by atoms with Gasteiger partial charge in [-0.3, -0.25) is 19.8 Å². The van der Waals surface area contributed by atoms with Crippen LogP contribution in [0.1, 0.15) is 25.3 Å². The molecule has 1 aromatic carbocycles. The van der Waals surface area contributed by atoms with Crippen molar-refractivity contribution in [3.8, 4) is 0 Å². The summed E-state index contributed by atoms with van der Waals surface area (Å²) in [6.07, 6.45) is 1.92. The molecule has 7 nitrogen and oxygen atoms in total. The predicted octanol–water partition coefficient (Wildman–Crippen LogP) is 1.94. The van der Waals surface area contributed by atoms with E-state index >= 15 is 0 Å². The van der Waals surface area contributed by atoms with E-state index in [0.717, 1.165) is 19.4 Å². The SMILES string of the molecule is Cc1cc([N+](=O)[O-])ccc1NC(=O)CN1CCCC(C)(CO)C1. The van der Waals surface area contributed by atoms with Crippen molar-refractivity contribution in [2.24, 2.45) is 5.41 Å². The largest absolute Gasteiger partial charge is 0.396 e. The highest BCUT2D eigenvalue weighted by atomic mass is 16.6. The quantitative estimate of drug-likeness (QED) is 0.638. The molecule has 1 unspecified atom stereocenters. The van der Waals surface area contributed by atoms with Crippen molar-refractivity contribution in [2.75, 3.05) is 31.6 Å². The van der Waals surface area contributed by atoms with Crippen LogP contribution < -0.4 is 5.32 Å². The van der Waals surface area contributed by atoms with Gasteiger partial charge < -0.3 is 10.4 Å². The molecule has 7 heteroatoms. The van der Waals surface area contributed by atoms with Gasteiger partial charge in [0.15, 0.2) is 0 Å². The third-order valence-electron chi connectivity index (χ3n) is 4.30. The maximum Gasteiger partial charge on any atom is 0.269 e. The summed E-state index contributed by atoms with van der Waals surface area (Å²) in [5.41, 5.74) is 1.10. The van der Waals surface area contributed by atoms with Crippen molar-refractivity contribution in [2.45, 2.75) is 26.7 Å². The van der Waals surface area contributed by atoms with Crippen molar-refractivity contribution < 1.29 is 14.8 Å². The Kier molecular flexibility index (Phi) is 5.33. The summed E-state index contributed by atoms with van der Waals surface area (Å²) < 4.78 is 0. The number of aryl methyl sites for hydroxylation is 1. The third kappa shape index (κ3) is 4.49. The number of hydrogen-bond donors (Lipinski definition) is 2. The molecule has 0 radical (unpaired) electrons. The van der Waals surface area contributed by atoms with E-state index in [1.165, 1.54) is 12.1 Å². The monoisotopic (exact) mass is 321 g/mol. The van der Waals surface area contributed by atoms with E-state index in [9.17, 15) is 20.0 Å². The molecule has 1 fully saturated rings. The van der Waals surface area contributed by atoms with Gasteiger partial charge in [0.2, 0.25) is 5.91 Å². The lowest BCUT2D eigenvalue weighted by Crippen LogP contribution is -2.46. The Hall–Kier alpha value is -1.99. The minimum absolute atomic E-state index is 0.00948. The van der Waals surface area contributed by atoms with E-state index < -0.39 is 4.92 Å². The Morgan fingerprint density at radius 2 is 2.26 bits per heavy atom. The number of nitro benzene ring substituents is 1. The number of aliphatic hydroxyl groups excluding tert-OH is 1. The van der Waals surface area contributed by atoms with Crippen LogP contribution in [0.15, 0.2) is 18.2 Å².